The number of hydrogen-bond donors (Lipinski definition) is 0. The lowest BCUT2D eigenvalue weighted by molar-refractivity contribution is -0.129. The Hall–Kier alpha value is -2.86. The van der Waals surface area contributed by atoms with Gasteiger partial charge in [-0.3, -0.25) is 9.20 Å². The summed E-state index contributed by atoms with van der Waals surface area (Å²) in [4.78, 5) is 14.9. The first-order valence-corrected chi connectivity index (χ1v) is 11.2. The van der Waals surface area contributed by atoms with Crippen LogP contribution in [0.25, 0.3) is 16.6 Å². The largest absolute Gasteiger partial charge is 0.337 e. The van der Waals surface area contributed by atoms with Gasteiger partial charge < -0.3 is 4.90 Å². The molecule has 5 rings (SSSR count). The predicted octanol–water partition coefficient (Wildman–Crippen LogP) is 4.48. The van der Waals surface area contributed by atoms with E-state index in [0.29, 0.717) is 12.3 Å². The van der Waals surface area contributed by atoms with E-state index in [0.717, 1.165) is 34.8 Å². The number of fused-ring (bicyclic) bond motifs is 4. The Labute approximate surface area is 180 Å². The van der Waals surface area contributed by atoms with Crippen molar-refractivity contribution in [2.45, 2.75) is 38.9 Å². The first-order valence-electron chi connectivity index (χ1n) is 10.2. The second-order valence-electron chi connectivity index (χ2n) is 8.05. The molecular formula is C24H24N4OS. The van der Waals surface area contributed by atoms with E-state index in [2.05, 4.69) is 71.8 Å². The summed E-state index contributed by atoms with van der Waals surface area (Å²) < 4.78 is 2.12. The van der Waals surface area contributed by atoms with Gasteiger partial charge in [0.1, 0.15) is 0 Å². The van der Waals surface area contributed by atoms with Crippen molar-refractivity contribution in [3.05, 3.63) is 70.3 Å². The van der Waals surface area contributed by atoms with Crippen molar-refractivity contribution in [1.29, 1.82) is 0 Å². The van der Waals surface area contributed by atoms with Crippen LogP contribution in [0.2, 0.25) is 0 Å². The maximum Gasteiger partial charge on any atom is 0.233 e. The van der Waals surface area contributed by atoms with Gasteiger partial charge in [0.15, 0.2) is 10.8 Å². The summed E-state index contributed by atoms with van der Waals surface area (Å²) in [5, 5.41) is 10.8. The zero-order valence-electron chi connectivity index (χ0n) is 17.5. The third-order valence-corrected chi connectivity index (χ3v) is 6.93. The van der Waals surface area contributed by atoms with Crippen LogP contribution >= 0.6 is 11.8 Å². The summed E-state index contributed by atoms with van der Waals surface area (Å²) >= 11 is 1.48. The highest BCUT2D eigenvalue weighted by atomic mass is 32.2. The minimum Gasteiger partial charge on any atom is -0.337 e. The molecule has 0 atom stereocenters. The number of carbonyl (C=O) groups excluding carboxylic acids is 1. The van der Waals surface area contributed by atoms with Crippen molar-refractivity contribution >= 4 is 34.2 Å². The van der Waals surface area contributed by atoms with Gasteiger partial charge in [0.05, 0.1) is 11.3 Å². The van der Waals surface area contributed by atoms with Crippen LogP contribution in [0.5, 0.6) is 0 Å². The minimum atomic E-state index is 0.149. The molecule has 0 bridgehead atoms. The Morgan fingerprint density at radius 1 is 1.00 bits per heavy atom. The number of benzene rings is 2. The Bertz CT molecular complexity index is 1290. The van der Waals surface area contributed by atoms with E-state index in [9.17, 15) is 4.79 Å². The summed E-state index contributed by atoms with van der Waals surface area (Å²) in [6.07, 6.45) is 0.919. The summed E-state index contributed by atoms with van der Waals surface area (Å²) in [7, 11) is 0. The third-order valence-electron chi connectivity index (χ3n) is 6.02. The van der Waals surface area contributed by atoms with E-state index < -0.39 is 0 Å². The van der Waals surface area contributed by atoms with Crippen LogP contribution < -0.4 is 0 Å². The molecule has 0 N–H and O–H groups in total. The lowest BCUT2D eigenvalue weighted by Crippen LogP contribution is -2.37. The molecule has 0 saturated heterocycles. The molecule has 0 saturated carbocycles. The molecule has 6 heteroatoms. The van der Waals surface area contributed by atoms with Crippen LogP contribution in [0.4, 0.5) is 0 Å². The van der Waals surface area contributed by atoms with Gasteiger partial charge >= 0.3 is 0 Å². The van der Waals surface area contributed by atoms with Crippen molar-refractivity contribution < 1.29 is 4.79 Å². The Morgan fingerprint density at radius 2 is 1.77 bits per heavy atom. The van der Waals surface area contributed by atoms with Gasteiger partial charge in [-0.2, -0.15) is 0 Å². The average molecular weight is 417 g/mol. The van der Waals surface area contributed by atoms with E-state index in [1.807, 2.05) is 11.0 Å². The predicted molar refractivity (Wildman–Crippen MR) is 121 cm³/mol. The molecular weight excluding hydrogens is 392 g/mol. The lowest BCUT2D eigenvalue weighted by Gasteiger charge is -2.28. The van der Waals surface area contributed by atoms with Crippen molar-refractivity contribution in [3.63, 3.8) is 0 Å². The fourth-order valence-electron chi connectivity index (χ4n) is 4.32. The van der Waals surface area contributed by atoms with Crippen LogP contribution in [0, 0.1) is 20.8 Å². The van der Waals surface area contributed by atoms with E-state index in [4.69, 9.17) is 0 Å². The minimum absolute atomic E-state index is 0.149. The van der Waals surface area contributed by atoms with Crippen LogP contribution in [-0.4, -0.2) is 37.7 Å². The highest BCUT2D eigenvalue weighted by molar-refractivity contribution is 7.99. The third kappa shape index (κ3) is 3.16. The average Bonchev–Trinajstić information content (AvgIpc) is 3.19. The molecule has 1 aliphatic heterocycles. The Kier molecular flexibility index (Phi) is 4.74. The van der Waals surface area contributed by atoms with Crippen molar-refractivity contribution in [2.75, 3.05) is 12.3 Å². The number of hydrogen-bond acceptors (Lipinski definition) is 4. The smallest absolute Gasteiger partial charge is 0.233 e. The van der Waals surface area contributed by atoms with Crippen molar-refractivity contribution in [1.82, 2.24) is 19.5 Å². The number of carbonyl (C=O) groups is 1. The molecule has 1 aliphatic rings. The Balaban J connectivity index is 1.44. The number of amides is 1. The molecule has 0 unspecified atom stereocenters. The maximum atomic E-state index is 12.9. The molecule has 2 aromatic carbocycles. The number of nitrogens with zero attached hydrogens (tertiary/aromatic N) is 4. The molecule has 0 fully saturated rings. The molecule has 4 aromatic rings. The number of rotatable bonds is 3. The van der Waals surface area contributed by atoms with E-state index in [-0.39, 0.29) is 5.91 Å². The molecule has 152 valence electrons. The molecule has 2 aromatic heterocycles. The van der Waals surface area contributed by atoms with Crippen LogP contribution in [0.3, 0.4) is 0 Å². The van der Waals surface area contributed by atoms with Gasteiger partial charge in [0.25, 0.3) is 0 Å². The summed E-state index contributed by atoms with van der Waals surface area (Å²) in [5.41, 5.74) is 8.10. The fraction of sp³-hybridized carbons (Fsp3) is 0.292. The van der Waals surface area contributed by atoms with Gasteiger partial charge in [0.2, 0.25) is 5.91 Å². The highest BCUT2D eigenvalue weighted by Gasteiger charge is 2.22. The number of thioether (sulfide) groups is 1. The van der Waals surface area contributed by atoms with E-state index in [1.54, 1.807) is 0 Å². The highest BCUT2D eigenvalue weighted by Crippen LogP contribution is 2.30. The summed E-state index contributed by atoms with van der Waals surface area (Å²) in [6, 6.07) is 14.9. The number of aryl methyl sites for hydroxylation is 3. The molecule has 0 aliphatic carbocycles. The SMILES string of the molecule is Cc1ccc(C)c2c1cc(C)c1nnc(SCC(=O)N3CCc4ccccc4C3)n12. The lowest BCUT2D eigenvalue weighted by atomic mass is 10.00. The number of pyridine rings is 1. The summed E-state index contributed by atoms with van der Waals surface area (Å²) in [5.74, 6) is 0.514. The molecule has 3 heterocycles. The van der Waals surface area contributed by atoms with Gasteiger partial charge in [0, 0.05) is 18.5 Å². The van der Waals surface area contributed by atoms with Gasteiger partial charge in [-0.15, -0.1) is 10.2 Å². The first kappa shape index (κ1) is 19.1. The standard InChI is InChI=1S/C24H24N4OS/c1-15-8-9-16(2)22-20(15)12-17(3)23-25-26-24(28(22)23)30-14-21(29)27-11-10-18-6-4-5-7-19(18)13-27/h4-9,12H,10-11,13-14H2,1-3H3. The van der Waals surface area contributed by atoms with Crippen LogP contribution in [-0.2, 0) is 17.8 Å². The van der Waals surface area contributed by atoms with Crippen LogP contribution in [0.1, 0.15) is 27.8 Å². The second-order valence-corrected chi connectivity index (χ2v) is 9.00. The summed E-state index contributed by atoms with van der Waals surface area (Å²) in [6.45, 7) is 7.77. The second kappa shape index (κ2) is 7.43. The number of aromatic nitrogens is 3. The van der Waals surface area contributed by atoms with Crippen LogP contribution in [0.15, 0.2) is 47.6 Å². The first-order chi connectivity index (χ1) is 14.5. The normalized spacial score (nSPS) is 13.8. The quantitative estimate of drug-likeness (QED) is 0.462. The van der Waals surface area contributed by atoms with E-state index in [1.165, 1.54) is 39.4 Å². The molecule has 5 nitrogen and oxygen atoms in total. The maximum absolute atomic E-state index is 12.9. The van der Waals surface area contributed by atoms with E-state index >= 15 is 0 Å². The van der Waals surface area contributed by atoms with Gasteiger partial charge in [-0.1, -0.05) is 48.2 Å². The fourth-order valence-corrected chi connectivity index (χ4v) is 5.17. The zero-order chi connectivity index (χ0) is 20.8. The van der Waals surface area contributed by atoms with Gasteiger partial charge in [-0.25, -0.2) is 0 Å². The molecule has 30 heavy (non-hydrogen) atoms. The zero-order valence-corrected chi connectivity index (χ0v) is 18.3. The molecule has 0 radical (unpaired) electrons. The van der Waals surface area contributed by atoms with Crippen molar-refractivity contribution in [2.24, 2.45) is 0 Å². The molecule has 1 amide bonds. The van der Waals surface area contributed by atoms with Gasteiger partial charge in [-0.05, 0) is 61.1 Å². The van der Waals surface area contributed by atoms with Crippen molar-refractivity contribution in [3.8, 4) is 0 Å². The molecule has 0 spiro atoms. The monoisotopic (exact) mass is 416 g/mol. The Morgan fingerprint density at radius 3 is 2.60 bits per heavy atom. The topological polar surface area (TPSA) is 50.5 Å².